The molecule has 0 atom stereocenters. The molecular formula is C22H16O. The van der Waals surface area contributed by atoms with Crippen molar-refractivity contribution in [3.05, 3.63) is 72.3 Å². The van der Waals surface area contributed by atoms with E-state index in [2.05, 4.69) is 73.7 Å². The summed E-state index contributed by atoms with van der Waals surface area (Å²) in [7, 11) is 0. The molecule has 4 aromatic carbocycles. The van der Waals surface area contributed by atoms with Crippen LogP contribution in [0.2, 0.25) is 0 Å². The molecule has 5 aromatic rings. The lowest BCUT2D eigenvalue weighted by atomic mass is 9.98. The van der Waals surface area contributed by atoms with Crippen LogP contribution in [0, 0.1) is 0 Å². The van der Waals surface area contributed by atoms with Crippen molar-refractivity contribution in [3.8, 4) is 0 Å². The summed E-state index contributed by atoms with van der Waals surface area (Å²) in [5.41, 5.74) is 3.27. The summed E-state index contributed by atoms with van der Waals surface area (Å²) < 4.78 is 6.12. The third-order valence-corrected chi connectivity index (χ3v) is 4.83. The molecule has 1 aromatic heterocycles. The second kappa shape index (κ2) is 4.60. The molecule has 0 amide bonds. The van der Waals surface area contributed by atoms with Gasteiger partial charge in [0.05, 0.1) is 0 Å². The van der Waals surface area contributed by atoms with Gasteiger partial charge in [0.2, 0.25) is 0 Å². The van der Waals surface area contributed by atoms with E-state index in [4.69, 9.17) is 4.42 Å². The van der Waals surface area contributed by atoms with E-state index in [-0.39, 0.29) is 0 Å². The minimum Gasteiger partial charge on any atom is -0.456 e. The first kappa shape index (κ1) is 12.7. The molecule has 1 heteroatoms. The van der Waals surface area contributed by atoms with Gasteiger partial charge in [0, 0.05) is 10.8 Å². The zero-order valence-corrected chi connectivity index (χ0v) is 13.0. The molecule has 23 heavy (non-hydrogen) atoms. The van der Waals surface area contributed by atoms with Crippen LogP contribution in [0.1, 0.15) is 12.5 Å². The van der Waals surface area contributed by atoms with Crippen LogP contribution >= 0.6 is 0 Å². The molecule has 5 rings (SSSR count). The highest BCUT2D eigenvalue weighted by molar-refractivity contribution is 6.23. The highest BCUT2D eigenvalue weighted by atomic mass is 16.3. The van der Waals surface area contributed by atoms with E-state index in [9.17, 15) is 0 Å². The second-order valence-corrected chi connectivity index (χ2v) is 6.11. The summed E-state index contributed by atoms with van der Waals surface area (Å²) in [5.74, 6) is 0. The third-order valence-electron chi connectivity index (χ3n) is 4.83. The zero-order chi connectivity index (χ0) is 15.4. The van der Waals surface area contributed by atoms with Crippen molar-refractivity contribution in [2.75, 3.05) is 0 Å². The summed E-state index contributed by atoms with van der Waals surface area (Å²) in [4.78, 5) is 0. The first-order valence-corrected chi connectivity index (χ1v) is 8.11. The van der Waals surface area contributed by atoms with Gasteiger partial charge < -0.3 is 4.42 Å². The SMILES string of the molecule is CCc1ccc2c(c1)oc1ccc3c4ccccc4ccc3c12. The number of benzene rings is 4. The van der Waals surface area contributed by atoms with Gasteiger partial charge in [-0.1, -0.05) is 61.5 Å². The molecule has 0 N–H and O–H groups in total. The standard InChI is InChI=1S/C22H16O/c1-2-14-7-9-19-21(13-14)23-20-12-11-17-16-6-4-3-5-15(16)8-10-18(17)22(19)20/h3-13H,2H2,1H3. The summed E-state index contributed by atoms with van der Waals surface area (Å²) in [6, 6.07) is 23.9. The van der Waals surface area contributed by atoms with Crippen molar-refractivity contribution in [1.29, 1.82) is 0 Å². The Labute approximate surface area is 134 Å². The van der Waals surface area contributed by atoms with Crippen LogP contribution in [-0.2, 0) is 6.42 Å². The number of rotatable bonds is 1. The van der Waals surface area contributed by atoms with Crippen LogP contribution in [0.15, 0.2) is 71.1 Å². The maximum Gasteiger partial charge on any atom is 0.136 e. The van der Waals surface area contributed by atoms with Gasteiger partial charge in [0.1, 0.15) is 11.2 Å². The molecule has 0 saturated heterocycles. The Morgan fingerprint density at radius 2 is 1.52 bits per heavy atom. The molecule has 0 radical (unpaired) electrons. The molecule has 0 aliphatic heterocycles. The summed E-state index contributed by atoms with van der Waals surface area (Å²) in [6.45, 7) is 2.17. The Hall–Kier alpha value is -2.80. The monoisotopic (exact) mass is 296 g/mol. The zero-order valence-electron chi connectivity index (χ0n) is 13.0. The van der Waals surface area contributed by atoms with Gasteiger partial charge in [-0.25, -0.2) is 0 Å². The molecule has 0 bridgehead atoms. The van der Waals surface area contributed by atoms with Crippen LogP contribution in [0.25, 0.3) is 43.5 Å². The molecular weight excluding hydrogens is 280 g/mol. The molecule has 110 valence electrons. The maximum absolute atomic E-state index is 6.12. The molecule has 0 fully saturated rings. The van der Waals surface area contributed by atoms with Crippen molar-refractivity contribution < 1.29 is 4.42 Å². The number of hydrogen-bond acceptors (Lipinski definition) is 1. The maximum atomic E-state index is 6.12. The minimum atomic E-state index is 0.969. The Morgan fingerprint density at radius 3 is 2.43 bits per heavy atom. The average Bonchev–Trinajstić information content (AvgIpc) is 2.99. The topological polar surface area (TPSA) is 13.1 Å². The summed E-state index contributed by atoms with van der Waals surface area (Å²) in [5, 5.41) is 7.57. The predicted molar refractivity (Wildman–Crippen MR) is 98.1 cm³/mol. The number of aryl methyl sites for hydroxylation is 1. The van der Waals surface area contributed by atoms with Gasteiger partial charge in [-0.2, -0.15) is 0 Å². The van der Waals surface area contributed by atoms with Crippen molar-refractivity contribution >= 4 is 43.5 Å². The molecule has 0 saturated carbocycles. The second-order valence-electron chi connectivity index (χ2n) is 6.11. The summed E-state index contributed by atoms with van der Waals surface area (Å²) >= 11 is 0. The highest BCUT2D eigenvalue weighted by Crippen LogP contribution is 2.37. The largest absolute Gasteiger partial charge is 0.456 e. The Balaban J connectivity index is 2.00. The molecule has 0 aliphatic rings. The molecule has 0 aliphatic carbocycles. The van der Waals surface area contributed by atoms with Gasteiger partial charge in [-0.3, -0.25) is 0 Å². The fourth-order valence-corrected chi connectivity index (χ4v) is 3.63. The molecule has 0 spiro atoms. The first-order chi connectivity index (χ1) is 11.3. The van der Waals surface area contributed by atoms with E-state index in [1.165, 1.54) is 37.9 Å². The third kappa shape index (κ3) is 1.74. The fourth-order valence-electron chi connectivity index (χ4n) is 3.63. The van der Waals surface area contributed by atoms with E-state index >= 15 is 0 Å². The van der Waals surface area contributed by atoms with E-state index in [0.29, 0.717) is 0 Å². The highest BCUT2D eigenvalue weighted by Gasteiger charge is 2.12. The van der Waals surface area contributed by atoms with E-state index in [1.54, 1.807) is 0 Å². The first-order valence-electron chi connectivity index (χ1n) is 8.11. The fraction of sp³-hybridized carbons (Fsp3) is 0.0909. The Kier molecular flexibility index (Phi) is 2.54. The summed E-state index contributed by atoms with van der Waals surface area (Å²) in [6.07, 6.45) is 1.03. The quantitative estimate of drug-likeness (QED) is 0.324. The van der Waals surface area contributed by atoms with Gasteiger partial charge in [0.25, 0.3) is 0 Å². The predicted octanol–water partition coefficient (Wildman–Crippen LogP) is 6.45. The van der Waals surface area contributed by atoms with E-state index < -0.39 is 0 Å². The van der Waals surface area contributed by atoms with Gasteiger partial charge in [-0.15, -0.1) is 0 Å². The van der Waals surface area contributed by atoms with Crippen LogP contribution in [0.4, 0.5) is 0 Å². The minimum absolute atomic E-state index is 0.969. The lowest BCUT2D eigenvalue weighted by Gasteiger charge is -2.04. The number of furan rings is 1. The molecule has 0 unspecified atom stereocenters. The van der Waals surface area contributed by atoms with Crippen molar-refractivity contribution in [3.63, 3.8) is 0 Å². The molecule has 1 heterocycles. The number of fused-ring (bicyclic) bond motifs is 7. The number of hydrogen-bond donors (Lipinski definition) is 0. The van der Waals surface area contributed by atoms with Gasteiger partial charge in [-0.05, 0) is 45.7 Å². The van der Waals surface area contributed by atoms with E-state index in [1.807, 2.05) is 0 Å². The Morgan fingerprint density at radius 1 is 0.696 bits per heavy atom. The van der Waals surface area contributed by atoms with Crippen molar-refractivity contribution in [2.45, 2.75) is 13.3 Å². The van der Waals surface area contributed by atoms with Crippen LogP contribution in [0.3, 0.4) is 0 Å². The van der Waals surface area contributed by atoms with Crippen LogP contribution in [0.5, 0.6) is 0 Å². The van der Waals surface area contributed by atoms with Gasteiger partial charge >= 0.3 is 0 Å². The van der Waals surface area contributed by atoms with Crippen molar-refractivity contribution in [1.82, 2.24) is 0 Å². The van der Waals surface area contributed by atoms with Gasteiger partial charge in [0.15, 0.2) is 0 Å². The van der Waals surface area contributed by atoms with Crippen molar-refractivity contribution in [2.24, 2.45) is 0 Å². The average molecular weight is 296 g/mol. The lowest BCUT2D eigenvalue weighted by Crippen LogP contribution is -1.79. The smallest absolute Gasteiger partial charge is 0.136 e. The lowest BCUT2D eigenvalue weighted by molar-refractivity contribution is 0.668. The normalized spacial score (nSPS) is 11.9. The van der Waals surface area contributed by atoms with Crippen LogP contribution in [-0.4, -0.2) is 0 Å². The van der Waals surface area contributed by atoms with E-state index in [0.717, 1.165) is 17.6 Å². The van der Waals surface area contributed by atoms with Crippen LogP contribution < -0.4 is 0 Å². The Bertz CT molecular complexity index is 1190. The molecule has 1 nitrogen and oxygen atoms in total.